The first-order valence-corrected chi connectivity index (χ1v) is 7.22. The molecule has 1 rings (SSSR count). The molecule has 9 heteroatoms. The van der Waals surface area contributed by atoms with Crippen molar-refractivity contribution in [1.29, 1.82) is 0 Å². The minimum atomic E-state index is -3.56. The molecule has 1 unspecified atom stereocenters. The maximum Gasteiger partial charge on any atom is 0.260 e. The van der Waals surface area contributed by atoms with Gasteiger partial charge in [0, 0.05) is 18.4 Å². The van der Waals surface area contributed by atoms with Crippen molar-refractivity contribution in [2.75, 3.05) is 6.54 Å². The number of sulfonamides is 1. The Kier molecular flexibility index (Phi) is 4.27. The molecule has 0 fully saturated rings. The number of halogens is 2. The van der Waals surface area contributed by atoms with E-state index in [0.29, 0.717) is 6.54 Å². The molecule has 0 saturated heterocycles. The number of aromatic nitrogens is 3. The minimum absolute atomic E-state index is 0.0238. The zero-order chi connectivity index (χ0) is 11.6. The summed E-state index contributed by atoms with van der Waals surface area (Å²) < 4.78 is 27.4. The minimum Gasteiger partial charge on any atom is -0.235 e. The van der Waals surface area contributed by atoms with Crippen molar-refractivity contribution in [1.82, 2.24) is 19.7 Å². The fraction of sp³-hybridized carbons (Fsp3) is 0.667. The van der Waals surface area contributed by atoms with Gasteiger partial charge in [-0.2, -0.15) is 0 Å². The summed E-state index contributed by atoms with van der Waals surface area (Å²) in [5.41, 5.74) is 0. The highest BCUT2D eigenvalue weighted by molar-refractivity contribution is 9.10. The molecule has 0 amide bonds. The van der Waals surface area contributed by atoms with Gasteiger partial charge in [0.2, 0.25) is 5.03 Å². The van der Waals surface area contributed by atoms with Crippen molar-refractivity contribution in [2.24, 2.45) is 7.05 Å². The van der Waals surface area contributed by atoms with Crippen LogP contribution in [-0.2, 0) is 17.1 Å². The number of alkyl halides is 1. The summed E-state index contributed by atoms with van der Waals surface area (Å²) in [6.45, 7) is 2.15. The number of nitrogens with one attached hydrogen (secondary N) is 1. The van der Waals surface area contributed by atoms with Crippen LogP contribution in [-0.4, -0.2) is 34.8 Å². The second-order valence-corrected chi connectivity index (χ2v) is 6.94. The Bertz CT molecular complexity index is 422. The molecule has 1 aromatic rings. The van der Waals surface area contributed by atoms with E-state index in [0.717, 1.165) is 0 Å². The molecule has 0 radical (unpaired) electrons. The van der Waals surface area contributed by atoms with E-state index in [2.05, 4.69) is 46.9 Å². The van der Waals surface area contributed by atoms with E-state index in [9.17, 15) is 8.42 Å². The smallest absolute Gasteiger partial charge is 0.235 e. The number of rotatable bonds is 4. The van der Waals surface area contributed by atoms with Gasteiger partial charge in [-0.15, -0.1) is 5.10 Å². The molecule has 0 saturated carbocycles. The molecular weight excluding hydrogens is 352 g/mol. The van der Waals surface area contributed by atoms with E-state index in [-0.39, 0.29) is 14.5 Å². The van der Waals surface area contributed by atoms with Crippen LogP contribution < -0.4 is 4.72 Å². The maximum absolute atomic E-state index is 11.8. The third-order valence-electron chi connectivity index (χ3n) is 1.55. The standard InChI is InChI=1S/C6H10Br2N4O2S/c1-4(7)3-9-15(13,14)6-5(8)10-11-12(6)2/h4,9H,3H2,1-2H3. The first-order valence-electron chi connectivity index (χ1n) is 4.03. The lowest BCUT2D eigenvalue weighted by Gasteiger charge is -2.07. The summed E-state index contributed by atoms with van der Waals surface area (Å²) >= 11 is 6.29. The Morgan fingerprint density at radius 3 is 2.60 bits per heavy atom. The molecule has 0 aromatic carbocycles. The molecule has 1 aromatic heterocycles. The molecule has 1 heterocycles. The number of hydrogen-bond acceptors (Lipinski definition) is 4. The predicted octanol–water partition coefficient (Wildman–Crippen LogP) is 0.639. The summed E-state index contributed by atoms with van der Waals surface area (Å²) in [7, 11) is -2.04. The monoisotopic (exact) mass is 360 g/mol. The molecule has 86 valence electrons. The van der Waals surface area contributed by atoms with Crippen LogP contribution in [0.4, 0.5) is 0 Å². The Morgan fingerprint density at radius 1 is 1.60 bits per heavy atom. The van der Waals surface area contributed by atoms with Crippen molar-refractivity contribution in [2.45, 2.75) is 16.8 Å². The van der Waals surface area contributed by atoms with Crippen LogP contribution in [0.5, 0.6) is 0 Å². The molecule has 15 heavy (non-hydrogen) atoms. The van der Waals surface area contributed by atoms with Crippen molar-refractivity contribution < 1.29 is 8.42 Å². The third kappa shape index (κ3) is 3.23. The molecule has 6 nitrogen and oxygen atoms in total. The maximum atomic E-state index is 11.8. The lowest BCUT2D eigenvalue weighted by Crippen LogP contribution is -2.30. The van der Waals surface area contributed by atoms with Crippen molar-refractivity contribution in [3.63, 3.8) is 0 Å². The molecule has 0 spiro atoms. The lowest BCUT2D eigenvalue weighted by atomic mass is 10.5. The van der Waals surface area contributed by atoms with Gasteiger partial charge in [-0.1, -0.05) is 28.1 Å². The second-order valence-electron chi connectivity index (χ2n) is 2.94. The summed E-state index contributed by atoms with van der Waals surface area (Å²) in [6, 6.07) is 0. The predicted molar refractivity (Wildman–Crippen MR) is 62.3 cm³/mol. The third-order valence-corrected chi connectivity index (χ3v) is 4.18. The van der Waals surface area contributed by atoms with Crippen LogP contribution in [0.25, 0.3) is 0 Å². The molecule has 0 bridgehead atoms. The van der Waals surface area contributed by atoms with E-state index in [4.69, 9.17) is 0 Å². The van der Waals surface area contributed by atoms with Gasteiger partial charge in [-0.3, -0.25) is 0 Å². The Labute approximate surface area is 105 Å². The Balaban J connectivity index is 2.96. The number of nitrogens with zero attached hydrogens (tertiary/aromatic N) is 3. The zero-order valence-corrected chi connectivity index (χ0v) is 12.1. The highest BCUT2D eigenvalue weighted by atomic mass is 79.9. The topological polar surface area (TPSA) is 76.9 Å². The van der Waals surface area contributed by atoms with Gasteiger partial charge in [0.15, 0.2) is 4.60 Å². The van der Waals surface area contributed by atoms with Crippen molar-refractivity contribution in [3.8, 4) is 0 Å². The molecule has 0 aliphatic carbocycles. The first kappa shape index (κ1) is 13.1. The van der Waals surface area contributed by atoms with Crippen LogP contribution in [0.15, 0.2) is 9.63 Å². The highest BCUT2D eigenvalue weighted by Gasteiger charge is 2.23. The van der Waals surface area contributed by atoms with Crippen LogP contribution in [0.2, 0.25) is 0 Å². The lowest BCUT2D eigenvalue weighted by molar-refractivity contribution is 0.560. The molecule has 1 N–H and O–H groups in total. The van der Waals surface area contributed by atoms with Gasteiger partial charge in [-0.05, 0) is 15.9 Å². The van der Waals surface area contributed by atoms with Crippen LogP contribution in [0.3, 0.4) is 0 Å². The first-order chi connectivity index (χ1) is 6.84. The van der Waals surface area contributed by atoms with E-state index in [1.54, 1.807) is 0 Å². The molecule has 1 atom stereocenters. The molecule has 0 aliphatic rings. The average molecular weight is 362 g/mol. The SMILES string of the molecule is CC(Br)CNS(=O)(=O)c1c(Br)nnn1C. The number of hydrogen-bond donors (Lipinski definition) is 1. The second kappa shape index (κ2) is 4.89. The Morgan fingerprint density at radius 2 is 2.20 bits per heavy atom. The van der Waals surface area contributed by atoms with E-state index >= 15 is 0 Å². The quantitative estimate of drug-likeness (QED) is 0.798. The summed E-state index contributed by atoms with van der Waals surface area (Å²) in [4.78, 5) is 0.0623. The number of aryl methyl sites for hydroxylation is 1. The Hall–Kier alpha value is 0.0100. The van der Waals surface area contributed by atoms with Gasteiger partial charge in [0.1, 0.15) is 0 Å². The van der Waals surface area contributed by atoms with Crippen LogP contribution in [0, 0.1) is 0 Å². The van der Waals surface area contributed by atoms with Gasteiger partial charge in [0.25, 0.3) is 10.0 Å². The largest absolute Gasteiger partial charge is 0.260 e. The van der Waals surface area contributed by atoms with Crippen LogP contribution in [0.1, 0.15) is 6.92 Å². The van der Waals surface area contributed by atoms with Crippen LogP contribution >= 0.6 is 31.9 Å². The average Bonchev–Trinajstić information content (AvgIpc) is 2.43. The van der Waals surface area contributed by atoms with E-state index in [1.165, 1.54) is 11.7 Å². The van der Waals surface area contributed by atoms with Crippen molar-refractivity contribution in [3.05, 3.63) is 4.60 Å². The normalized spacial score (nSPS) is 14.1. The summed E-state index contributed by atoms with van der Waals surface area (Å²) in [6.07, 6.45) is 0. The van der Waals surface area contributed by atoms with Gasteiger partial charge >= 0.3 is 0 Å². The van der Waals surface area contributed by atoms with Gasteiger partial charge in [0.05, 0.1) is 0 Å². The zero-order valence-electron chi connectivity index (χ0n) is 8.11. The molecular formula is C6H10Br2N4O2S. The van der Waals surface area contributed by atoms with Gasteiger partial charge < -0.3 is 0 Å². The molecule has 0 aliphatic heterocycles. The highest BCUT2D eigenvalue weighted by Crippen LogP contribution is 2.17. The van der Waals surface area contributed by atoms with Crippen molar-refractivity contribution >= 4 is 41.9 Å². The van der Waals surface area contributed by atoms with E-state index < -0.39 is 10.0 Å². The summed E-state index contributed by atoms with van der Waals surface area (Å²) in [5, 5.41) is 7.23. The fourth-order valence-electron chi connectivity index (χ4n) is 0.901. The van der Waals surface area contributed by atoms with E-state index in [1.807, 2.05) is 6.92 Å². The fourth-order valence-corrected chi connectivity index (χ4v) is 3.50. The van der Waals surface area contributed by atoms with Gasteiger partial charge in [-0.25, -0.2) is 17.8 Å². The summed E-state index contributed by atoms with van der Waals surface area (Å²) in [5.74, 6) is 0.